The fourth-order valence-corrected chi connectivity index (χ4v) is 3.61. The third kappa shape index (κ3) is 3.68. The van der Waals surface area contributed by atoms with Crippen molar-refractivity contribution in [1.29, 1.82) is 0 Å². The number of fused-ring (bicyclic) bond motifs is 1. The molecule has 0 atom stereocenters. The lowest BCUT2D eigenvalue weighted by Gasteiger charge is -2.28. The first-order chi connectivity index (χ1) is 13.4. The summed E-state index contributed by atoms with van der Waals surface area (Å²) in [4.78, 5) is 21.7. The van der Waals surface area contributed by atoms with E-state index in [2.05, 4.69) is 9.97 Å². The summed E-state index contributed by atoms with van der Waals surface area (Å²) in [7, 11) is 0. The minimum Gasteiger partial charge on any atom is -0.306 e. The van der Waals surface area contributed by atoms with Crippen molar-refractivity contribution in [3.63, 3.8) is 0 Å². The number of H-pyrrole nitrogens is 1. The van der Waals surface area contributed by atoms with E-state index in [0.717, 1.165) is 11.6 Å². The summed E-state index contributed by atoms with van der Waals surface area (Å²) < 4.78 is 28.3. The summed E-state index contributed by atoms with van der Waals surface area (Å²) in [5, 5.41) is 0.467. The van der Waals surface area contributed by atoms with Crippen molar-refractivity contribution >= 4 is 23.2 Å². The first-order valence-electron chi connectivity index (χ1n) is 8.65. The molecule has 0 spiro atoms. The number of halogens is 4. The normalized spacial score (nSPS) is 14.1. The van der Waals surface area contributed by atoms with Crippen molar-refractivity contribution in [2.75, 3.05) is 6.54 Å². The average molecular weight is 422 g/mol. The Morgan fingerprint density at radius 2 is 1.86 bits per heavy atom. The molecule has 1 N–H and O–H groups in total. The van der Waals surface area contributed by atoms with Gasteiger partial charge in [0.05, 0.1) is 10.7 Å². The molecule has 1 aliphatic rings. The molecule has 8 heteroatoms. The van der Waals surface area contributed by atoms with Gasteiger partial charge < -0.3 is 4.98 Å². The molecular formula is C20H15Cl2F2N3O. The summed E-state index contributed by atoms with van der Waals surface area (Å²) >= 11 is 11.7. The fraction of sp³-hybridized carbons (Fsp3) is 0.200. The Labute approximate surface area is 169 Å². The maximum atomic E-state index is 14.2. The summed E-state index contributed by atoms with van der Waals surface area (Å²) in [5.41, 5.74) is 1.64. The highest BCUT2D eigenvalue weighted by atomic mass is 35.5. The second-order valence-corrected chi connectivity index (χ2v) is 7.47. The van der Waals surface area contributed by atoms with Crippen LogP contribution >= 0.6 is 23.2 Å². The van der Waals surface area contributed by atoms with Gasteiger partial charge in [0.1, 0.15) is 17.5 Å². The maximum absolute atomic E-state index is 14.2. The zero-order valence-corrected chi connectivity index (χ0v) is 16.1. The van der Waals surface area contributed by atoms with E-state index in [0.29, 0.717) is 41.6 Å². The first kappa shape index (κ1) is 19.1. The molecule has 144 valence electrons. The standard InChI is InChI=1S/C20H15Cl2F2N3O/c21-12-3-1-11(2-4-12)19-25-17-10-27(8-7-13(17)20(28)26-19)9-14-16(23)6-5-15(22)18(14)24/h1-6H,7-10H2,(H,25,26,28). The topological polar surface area (TPSA) is 49.0 Å². The summed E-state index contributed by atoms with van der Waals surface area (Å²) in [6.45, 7) is 0.844. The average Bonchev–Trinajstić information content (AvgIpc) is 2.68. The summed E-state index contributed by atoms with van der Waals surface area (Å²) in [6.07, 6.45) is 0.447. The van der Waals surface area contributed by atoms with Crippen LogP contribution in [0, 0.1) is 11.6 Å². The Bertz CT molecular complexity index is 1100. The van der Waals surface area contributed by atoms with E-state index < -0.39 is 11.6 Å². The van der Waals surface area contributed by atoms with Gasteiger partial charge in [0, 0.05) is 41.3 Å². The van der Waals surface area contributed by atoms with Crippen molar-refractivity contribution in [2.45, 2.75) is 19.5 Å². The number of nitrogens with zero attached hydrogens (tertiary/aromatic N) is 2. The highest BCUT2D eigenvalue weighted by molar-refractivity contribution is 6.31. The molecule has 0 aliphatic carbocycles. The number of aromatic nitrogens is 2. The lowest BCUT2D eigenvalue weighted by molar-refractivity contribution is 0.233. The highest BCUT2D eigenvalue weighted by Gasteiger charge is 2.24. The van der Waals surface area contributed by atoms with Gasteiger partial charge >= 0.3 is 0 Å². The van der Waals surface area contributed by atoms with Gasteiger partial charge in [-0.3, -0.25) is 9.69 Å². The van der Waals surface area contributed by atoms with Crippen LogP contribution < -0.4 is 5.56 Å². The molecule has 4 rings (SSSR count). The highest BCUT2D eigenvalue weighted by Crippen LogP contribution is 2.25. The van der Waals surface area contributed by atoms with Gasteiger partial charge in [0.2, 0.25) is 0 Å². The summed E-state index contributed by atoms with van der Waals surface area (Å²) in [5.74, 6) is -0.969. The SMILES string of the molecule is O=c1[nH]c(-c2ccc(Cl)cc2)nc2c1CCN(Cc1c(F)ccc(Cl)c1F)C2. The van der Waals surface area contributed by atoms with E-state index in [1.807, 2.05) is 4.90 Å². The Morgan fingerprint density at radius 1 is 1.11 bits per heavy atom. The largest absolute Gasteiger partial charge is 0.306 e. The van der Waals surface area contributed by atoms with Gasteiger partial charge in [0.25, 0.3) is 5.56 Å². The molecule has 1 aliphatic heterocycles. The van der Waals surface area contributed by atoms with Crippen LogP contribution in [0.5, 0.6) is 0 Å². The Morgan fingerprint density at radius 3 is 2.61 bits per heavy atom. The monoisotopic (exact) mass is 421 g/mol. The van der Waals surface area contributed by atoms with Crippen molar-refractivity contribution < 1.29 is 8.78 Å². The molecule has 2 heterocycles. The molecule has 0 saturated heterocycles. The third-order valence-corrected chi connectivity index (χ3v) is 5.33. The van der Waals surface area contributed by atoms with Gasteiger partial charge in [-0.15, -0.1) is 0 Å². The molecule has 2 aromatic carbocycles. The van der Waals surface area contributed by atoms with Crippen LogP contribution in [0.2, 0.25) is 10.0 Å². The Hall–Kier alpha value is -2.28. The number of rotatable bonds is 3. The van der Waals surface area contributed by atoms with Crippen molar-refractivity contribution in [3.05, 3.63) is 85.3 Å². The van der Waals surface area contributed by atoms with E-state index >= 15 is 0 Å². The van der Waals surface area contributed by atoms with Crippen LogP contribution in [0.15, 0.2) is 41.2 Å². The van der Waals surface area contributed by atoms with Gasteiger partial charge in [0.15, 0.2) is 0 Å². The van der Waals surface area contributed by atoms with E-state index in [-0.39, 0.29) is 22.7 Å². The first-order valence-corrected chi connectivity index (χ1v) is 9.40. The second-order valence-electron chi connectivity index (χ2n) is 6.63. The molecule has 3 aromatic rings. The quantitative estimate of drug-likeness (QED) is 0.629. The number of aromatic amines is 1. The lowest BCUT2D eigenvalue weighted by Crippen LogP contribution is -2.35. The zero-order valence-electron chi connectivity index (χ0n) is 14.6. The number of hydrogen-bond acceptors (Lipinski definition) is 3. The van der Waals surface area contributed by atoms with Crippen LogP contribution in [0.1, 0.15) is 16.8 Å². The molecule has 0 amide bonds. The molecule has 28 heavy (non-hydrogen) atoms. The van der Waals surface area contributed by atoms with Gasteiger partial charge in [-0.2, -0.15) is 0 Å². The number of nitrogens with one attached hydrogen (secondary N) is 1. The van der Waals surface area contributed by atoms with E-state index in [1.165, 1.54) is 6.07 Å². The van der Waals surface area contributed by atoms with E-state index in [1.54, 1.807) is 24.3 Å². The van der Waals surface area contributed by atoms with Gasteiger partial charge in [-0.25, -0.2) is 13.8 Å². The molecule has 0 radical (unpaired) electrons. The minimum absolute atomic E-state index is 0.0441. The molecular weight excluding hydrogens is 407 g/mol. The predicted octanol–water partition coefficient (Wildman–Crippen LogP) is 4.58. The predicted molar refractivity (Wildman–Crippen MR) is 104 cm³/mol. The molecule has 0 unspecified atom stereocenters. The zero-order chi connectivity index (χ0) is 19.8. The molecule has 0 fully saturated rings. The summed E-state index contributed by atoms with van der Waals surface area (Å²) in [6, 6.07) is 9.32. The minimum atomic E-state index is -0.756. The third-order valence-electron chi connectivity index (χ3n) is 4.79. The van der Waals surface area contributed by atoms with Crippen molar-refractivity contribution in [2.24, 2.45) is 0 Å². The van der Waals surface area contributed by atoms with Crippen LogP contribution in [0.4, 0.5) is 8.78 Å². The maximum Gasteiger partial charge on any atom is 0.254 e. The molecule has 1 aromatic heterocycles. The Kier molecular flexibility index (Phi) is 5.19. The van der Waals surface area contributed by atoms with Crippen LogP contribution in [-0.4, -0.2) is 21.4 Å². The van der Waals surface area contributed by atoms with Crippen LogP contribution in [-0.2, 0) is 19.5 Å². The smallest absolute Gasteiger partial charge is 0.254 e. The second kappa shape index (κ2) is 7.62. The van der Waals surface area contributed by atoms with Crippen molar-refractivity contribution in [3.8, 4) is 11.4 Å². The number of benzene rings is 2. The van der Waals surface area contributed by atoms with Crippen LogP contribution in [0.3, 0.4) is 0 Å². The van der Waals surface area contributed by atoms with Gasteiger partial charge in [-0.05, 0) is 42.8 Å². The molecule has 0 bridgehead atoms. The van der Waals surface area contributed by atoms with Crippen LogP contribution in [0.25, 0.3) is 11.4 Å². The molecule has 0 saturated carbocycles. The van der Waals surface area contributed by atoms with Gasteiger partial charge in [-0.1, -0.05) is 23.2 Å². The fourth-order valence-electron chi connectivity index (χ4n) is 3.31. The molecule has 4 nitrogen and oxygen atoms in total. The van der Waals surface area contributed by atoms with E-state index in [9.17, 15) is 13.6 Å². The van der Waals surface area contributed by atoms with E-state index in [4.69, 9.17) is 23.2 Å². The van der Waals surface area contributed by atoms with Crippen molar-refractivity contribution in [1.82, 2.24) is 14.9 Å². The lowest BCUT2D eigenvalue weighted by atomic mass is 10.0. The Balaban J connectivity index is 1.64. The number of hydrogen-bond donors (Lipinski definition) is 1.